The minimum absolute atomic E-state index is 0.0775. The summed E-state index contributed by atoms with van der Waals surface area (Å²) in [6.45, 7) is 4.53. The van der Waals surface area contributed by atoms with Crippen LogP contribution in [0.5, 0.6) is 0 Å². The summed E-state index contributed by atoms with van der Waals surface area (Å²) >= 11 is 0. The molecule has 1 N–H and O–H groups in total. The Hall–Kier alpha value is -1.35. The molecule has 0 aliphatic rings. The second-order valence-electron chi connectivity index (χ2n) is 4.55. The molecule has 0 aliphatic heterocycles. The molecule has 0 heterocycles. The number of hydrogen-bond donors (Lipinski definition) is 1. The summed E-state index contributed by atoms with van der Waals surface area (Å²) in [7, 11) is 1.90. The quantitative estimate of drug-likeness (QED) is 0.727. The van der Waals surface area contributed by atoms with E-state index in [1.807, 2.05) is 51.2 Å². The molecule has 2 atom stereocenters. The van der Waals surface area contributed by atoms with Crippen LogP contribution in [0.3, 0.4) is 0 Å². The lowest BCUT2D eigenvalue weighted by atomic mass is 10.0. The molecule has 0 spiro atoms. The highest BCUT2D eigenvalue weighted by Gasteiger charge is 2.23. The number of carbonyl (C=O) groups is 1. The van der Waals surface area contributed by atoms with Crippen molar-refractivity contribution in [1.82, 2.24) is 0 Å². The van der Waals surface area contributed by atoms with Crippen molar-refractivity contribution in [3.05, 3.63) is 35.9 Å². The molecule has 0 amide bonds. The zero-order valence-corrected chi connectivity index (χ0v) is 10.1. The zero-order chi connectivity index (χ0) is 12.1. The summed E-state index contributed by atoms with van der Waals surface area (Å²) < 4.78 is 0. The number of quaternary nitrogens is 1. The third-order valence-corrected chi connectivity index (χ3v) is 2.78. The van der Waals surface area contributed by atoms with Gasteiger partial charge in [0.25, 0.3) is 0 Å². The minimum Gasteiger partial charge on any atom is -0.544 e. The summed E-state index contributed by atoms with van der Waals surface area (Å²) in [5.41, 5.74) is 1.15. The number of carbonyl (C=O) groups excluding carboxylic acids is 1. The zero-order valence-electron chi connectivity index (χ0n) is 10.1. The smallest absolute Gasteiger partial charge is 0.130 e. The summed E-state index contributed by atoms with van der Waals surface area (Å²) in [5, 5.41) is 11.0. The van der Waals surface area contributed by atoms with Crippen LogP contribution in [-0.4, -0.2) is 19.1 Å². The van der Waals surface area contributed by atoms with Crippen LogP contribution in [0.1, 0.15) is 19.4 Å². The van der Waals surface area contributed by atoms with Crippen LogP contribution in [-0.2, 0) is 11.3 Å². The fourth-order valence-electron chi connectivity index (χ4n) is 2.07. The van der Waals surface area contributed by atoms with E-state index in [1.54, 1.807) is 0 Å². The summed E-state index contributed by atoms with van der Waals surface area (Å²) in [6.07, 6.45) is 0. The Balaban J connectivity index is 2.70. The molecule has 0 aromatic heterocycles. The number of rotatable bonds is 5. The molecule has 3 heteroatoms. The van der Waals surface area contributed by atoms with Crippen LogP contribution in [0.4, 0.5) is 0 Å². The van der Waals surface area contributed by atoms with Crippen LogP contribution < -0.4 is 10.0 Å². The SMILES string of the molecule is CC(C)[C@H](C(=O)[O-])[NH+](C)Cc1ccccc1. The van der Waals surface area contributed by atoms with Gasteiger partial charge in [-0.15, -0.1) is 0 Å². The Morgan fingerprint density at radius 2 is 1.88 bits per heavy atom. The van der Waals surface area contributed by atoms with E-state index in [1.165, 1.54) is 0 Å². The van der Waals surface area contributed by atoms with E-state index < -0.39 is 12.0 Å². The van der Waals surface area contributed by atoms with E-state index in [0.29, 0.717) is 6.54 Å². The van der Waals surface area contributed by atoms with E-state index in [2.05, 4.69) is 0 Å². The third-order valence-electron chi connectivity index (χ3n) is 2.78. The molecular weight excluding hydrogens is 202 g/mol. The number of benzene rings is 1. The van der Waals surface area contributed by atoms with E-state index >= 15 is 0 Å². The lowest BCUT2D eigenvalue weighted by Gasteiger charge is -2.28. The fraction of sp³-hybridized carbons (Fsp3) is 0.462. The molecule has 3 nitrogen and oxygen atoms in total. The number of carboxylic acid groups (broad SMARTS) is 1. The van der Waals surface area contributed by atoms with Crippen molar-refractivity contribution < 1.29 is 14.8 Å². The fourth-order valence-corrected chi connectivity index (χ4v) is 2.07. The van der Waals surface area contributed by atoms with Gasteiger partial charge in [0.2, 0.25) is 0 Å². The molecule has 1 unspecified atom stereocenters. The summed E-state index contributed by atoms with van der Waals surface area (Å²) in [6, 6.07) is 9.45. The topological polar surface area (TPSA) is 44.6 Å². The predicted octanol–water partition coefficient (Wildman–Crippen LogP) is -0.524. The molecule has 88 valence electrons. The van der Waals surface area contributed by atoms with Crippen LogP contribution in [0, 0.1) is 5.92 Å². The molecule has 1 aromatic rings. The van der Waals surface area contributed by atoms with Crippen LogP contribution in [0.25, 0.3) is 0 Å². The Labute approximate surface area is 96.7 Å². The first-order valence-corrected chi connectivity index (χ1v) is 5.59. The van der Waals surface area contributed by atoms with E-state index in [4.69, 9.17) is 0 Å². The summed E-state index contributed by atoms with van der Waals surface area (Å²) in [4.78, 5) is 12.0. The maximum Gasteiger partial charge on any atom is 0.130 e. The second-order valence-corrected chi connectivity index (χ2v) is 4.55. The van der Waals surface area contributed by atoms with Gasteiger partial charge in [0.1, 0.15) is 12.6 Å². The monoisotopic (exact) mass is 221 g/mol. The highest BCUT2D eigenvalue weighted by atomic mass is 16.4. The molecule has 16 heavy (non-hydrogen) atoms. The summed E-state index contributed by atoms with van der Waals surface area (Å²) in [5.74, 6) is -0.892. The van der Waals surface area contributed by atoms with Gasteiger partial charge in [0, 0.05) is 11.5 Å². The Morgan fingerprint density at radius 1 is 1.31 bits per heavy atom. The van der Waals surface area contributed by atoms with Crippen LogP contribution in [0.15, 0.2) is 30.3 Å². The number of likely N-dealkylation sites (N-methyl/N-ethyl adjacent to an activating group) is 1. The Kier molecular flexibility index (Phi) is 4.50. The second kappa shape index (κ2) is 5.66. The first-order chi connectivity index (χ1) is 7.52. The van der Waals surface area contributed by atoms with Gasteiger partial charge < -0.3 is 14.8 Å². The van der Waals surface area contributed by atoms with Gasteiger partial charge in [-0.2, -0.15) is 0 Å². The lowest BCUT2D eigenvalue weighted by molar-refractivity contribution is -0.916. The molecule has 0 saturated heterocycles. The standard InChI is InChI=1S/C13H19NO2/c1-10(2)12(13(15)16)14(3)9-11-7-5-4-6-8-11/h4-8,10,12H,9H2,1-3H3,(H,15,16)/t12-/m1/s1. The highest BCUT2D eigenvalue weighted by Crippen LogP contribution is 1.99. The van der Waals surface area contributed by atoms with E-state index in [0.717, 1.165) is 10.5 Å². The molecule has 0 saturated carbocycles. The number of nitrogens with one attached hydrogen (secondary N) is 1. The van der Waals surface area contributed by atoms with Gasteiger partial charge in [-0.25, -0.2) is 0 Å². The van der Waals surface area contributed by atoms with Crippen molar-refractivity contribution in [2.24, 2.45) is 5.92 Å². The van der Waals surface area contributed by atoms with Gasteiger partial charge in [-0.1, -0.05) is 44.2 Å². The predicted molar refractivity (Wildman–Crippen MR) is 60.7 cm³/mol. The molecule has 0 aliphatic carbocycles. The van der Waals surface area contributed by atoms with Crippen molar-refractivity contribution in [3.63, 3.8) is 0 Å². The van der Waals surface area contributed by atoms with E-state index in [-0.39, 0.29) is 5.92 Å². The van der Waals surface area contributed by atoms with Gasteiger partial charge in [-0.05, 0) is 0 Å². The maximum atomic E-state index is 11.0. The molecule has 1 aromatic carbocycles. The maximum absolute atomic E-state index is 11.0. The average Bonchev–Trinajstić information content (AvgIpc) is 2.17. The van der Waals surface area contributed by atoms with Gasteiger partial charge >= 0.3 is 0 Å². The molecule has 0 fully saturated rings. The Morgan fingerprint density at radius 3 is 2.31 bits per heavy atom. The minimum atomic E-state index is -0.969. The molecular formula is C13H19NO2. The highest BCUT2D eigenvalue weighted by molar-refractivity contribution is 5.69. The van der Waals surface area contributed by atoms with Gasteiger partial charge in [-0.3, -0.25) is 0 Å². The van der Waals surface area contributed by atoms with Crippen molar-refractivity contribution >= 4 is 5.97 Å². The van der Waals surface area contributed by atoms with Crippen LogP contribution in [0.2, 0.25) is 0 Å². The molecule has 0 bridgehead atoms. The largest absolute Gasteiger partial charge is 0.544 e. The van der Waals surface area contributed by atoms with Crippen molar-refractivity contribution in [2.75, 3.05) is 7.05 Å². The average molecular weight is 221 g/mol. The number of aliphatic carboxylic acids is 1. The molecule has 0 radical (unpaired) electrons. The van der Waals surface area contributed by atoms with Crippen LogP contribution >= 0.6 is 0 Å². The normalized spacial score (nSPS) is 14.8. The van der Waals surface area contributed by atoms with Crippen molar-refractivity contribution in [1.29, 1.82) is 0 Å². The first-order valence-electron chi connectivity index (χ1n) is 5.59. The van der Waals surface area contributed by atoms with Gasteiger partial charge in [0.15, 0.2) is 0 Å². The molecule has 1 rings (SSSR count). The number of hydrogen-bond acceptors (Lipinski definition) is 2. The van der Waals surface area contributed by atoms with E-state index in [9.17, 15) is 9.90 Å². The van der Waals surface area contributed by atoms with Crippen molar-refractivity contribution in [2.45, 2.75) is 26.4 Å². The Bertz CT molecular complexity index is 335. The first kappa shape index (κ1) is 12.7. The third kappa shape index (κ3) is 3.35. The van der Waals surface area contributed by atoms with Gasteiger partial charge in [0.05, 0.1) is 13.0 Å². The number of carboxylic acids is 1. The lowest BCUT2D eigenvalue weighted by Crippen LogP contribution is -3.14. The van der Waals surface area contributed by atoms with Crippen molar-refractivity contribution in [3.8, 4) is 0 Å².